The first-order valence-corrected chi connectivity index (χ1v) is 12.3. The fourth-order valence-corrected chi connectivity index (χ4v) is 5.36. The molecule has 0 aliphatic heterocycles. The molecule has 188 valence electrons. The summed E-state index contributed by atoms with van der Waals surface area (Å²) < 4.78 is 22.8. The average Bonchev–Trinajstić information content (AvgIpc) is 3.27. The number of aromatic nitrogens is 3. The molecule has 2 bridgehead atoms. The number of amides is 2. The monoisotopic (exact) mass is 519 g/mol. The number of hydrogen-bond donors (Lipinski definition) is 2. The molecule has 2 N–H and O–H groups in total. The number of halogens is 2. The van der Waals surface area contributed by atoms with Crippen LogP contribution >= 0.6 is 11.6 Å². The van der Waals surface area contributed by atoms with Gasteiger partial charge in [-0.25, -0.2) is 4.39 Å². The number of nitrogens with one attached hydrogen (secondary N) is 2. The molecule has 2 amide bonds. The molecule has 3 saturated carbocycles. The molecule has 0 radical (unpaired) electrons. The van der Waals surface area contributed by atoms with Crippen LogP contribution in [0.15, 0.2) is 55.0 Å². The molecular weight excluding hydrogens is 497 g/mol. The summed E-state index contributed by atoms with van der Waals surface area (Å²) in [5, 5.41) is 10.5. The Morgan fingerprint density at radius 3 is 2.73 bits per heavy atom. The average molecular weight is 520 g/mol. The molecule has 0 atom stereocenters. The first-order valence-electron chi connectivity index (χ1n) is 12.0. The number of fused-ring (bicyclic) bond motifs is 1. The lowest BCUT2D eigenvalue weighted by atomic mass is 9.50. The minimum Gasteiger partial charge on any atom is -0.455 e. The second kappa shape index (κ2) is 8.85. The Morgan fingerprint density at radius 2 is 2.00 bits per heavy atom. The largest absolute Gasteiger partial charge is 0.455 e. The van der Waals surface area contributed by atoms with Crippen LogP contribution in [0.3, 0.4) is 0 Å². The molecule has 2 heterocycles. The lowest BCUT2D eigenvalue weighted by Crippen LogP contribution is -2.59. The molecule has 4 aromatic rings. The van der Waals surface area contributed by atoms with E-state index >= 15 is 0 Å². The normalized spacial score (nSPS) is 19.6. The van der Waals surface area contributed by atoms with Gasteiger partial charge in [0.1, 0.15) is 17.3 Å². The van der Waals surface area contributed by atoms with Crippen molar-refractivity contribution in [3.05, 3.63) is 77.0 Å². The smallest absolute Gasteiger partial charge is 0.251 e. The van der Waals surface area contributed by atoms with Crippen molar-refractivity contribution in [1.29, 1.82) is 0 Å². The van der Waals surface area contributed by atoms with Gasteiger partial charge in [-0.3, -0.25) is 19.3 Å². The summed E-state index contributed by atoms with van der Waals surface area (Å²) in [6.45, 7) is 0. The van der Waals surface area contributed by atoms with Gasteiger partial charge < -0.3 is 15.4 Å². The van der Waals surface area contributed by atoms with Crippen LogP contribution in [0, 0.1) is 11.7 Å². The zero-order valence-corrected chi connectivity index (χ0v) is 20.7. The highest BCUT2D eigenvalue weighted by atomic mass is 35.5. The van der Waals surface area contributed by atoms with Gasteiger partial charge in [0.2, 0.25) is 5.91 Å². The summed E-state index contributed by atoms with van der Waals surface area (Å²) in [7, 11) is 1.54. The highest BCUT2D eigenvalue weighted by molar-refractivity contribution is 6.32. The third kappa shape index (κ3) is 4.19. The van der Waals surface area contributed by atoms with Crippen molar-refractivity contribution < 1.29 is 18.7 Å². The Hall–Kier alpha value is -3.98. The van der Waals surface area contributed by atoms with Crippen molar-refractivity contribution in [1.82, 2.24) is 20.1 Å². The van der Waals surface area contributed by atoms with Crippen LogP contribution in [0.1, 0.15) is 35.2 Å². The van der Waals surface area contributed by atoms with Gasteiger partial charge in [-0.05, 0) is 61.1 Å². The standard InChI is InChI=1S/C27H23ClFN5O3/c1-30-26(36)16-2-3-22-19(6-16)23(4-5-31-22)37-24-9-21(29)17(7-20(24)28)8-25(35)33-18-13-32-34(14-18)27-10-15(11-27)12-27/h2-7,9,13-15H,8,10-12H2,1H3,(H,30,36)(H,33,35). The molecule has 3 aliphatic carbocycles. The van der Waals surface area contributed by atoms with Gasteiger partial charge in [0.15, 0.2) is 0 Å². The number of benzene rings is 2. The first kappa shape index (κ1) is 23.4. The summed E-state index contributed by atoms with van der Waals surface area (Å²) in [6.07, 6.45) is 8.24. The molecular formula is C27H23ClFN5O3. The van der Waals surface area contributed by atoms with Crippen LogP contribution in [-0.4, -0.2) is 33.6 Å². The number of carbonyl (C=O) groups is 2. The van der Waals surface area contributed by atoms with Crippen molar-refractivity contribution in [2.75, 3.05) is 12.4 Å². The molecule has 10 heteroatoms. The zero-order chi connectivity index (χ0) is 25.7. The molecule has 0 unspecified atom stereocenters. The van der Waals surface area contributed by atoms with Crippen LogP contribution in [0.2, 0.25) is 5.02 Å². The lowest BCUT2D eigenvalue weighted by molar-refractivity contribution is -0.115. The summed E-state index contributed by atoms with van der Waals surface area (Å²) in [4.78, 5) is 28.9. The van der Waals surface area contributed by atoms with E-state index in [4.69, 9.17) is 16.3 Å². The SMILES string of the molecule is CNC(=O)c1ccc2nccc(Oc3cc(F)c(CC(=O)Nc4cnn(C56CC(C5)C6)c4)cc3Cl)c2c1. The van der Waals surface area contributed by atoms with Gasteiger partial charge in [-0.1, -0.05) is 11.6 Å². The Labute approximate surface area is 216 Å². The fourth-order valence-electron chi connectivity index (χ4n) is 5.14. The van der Waals surface area contributed by atoms with Crippen LogP contribution in [0.4, 0.5) is 10.1 Å². The number of nitrogens with zero attached hydrogens (tertiary/aromatic N) is 3. The molecule has 0 saturated heterocycles. The molecule has 0 spiro atoms. The Bertz CT molecular complexity index is 1550. The maximum Gasteiger partial charge on any atom is 0.251 e. The summed E-state index contributed by atoms with van der Waals surface area (Å²) >= 11 is 6.41. The Balaban J connectivity index is 1.18. The van der Waals surface area contributed by atoms with E-state index in [1.807, 2.05) is 10.9 Å². The quantitative estimate of drug-likeness (QED) is 0.355. The van der Waals surface area contributed by atoms with E-state index in [0.717, 1.165) is 31.2 Å². The van der Waals surface area contributed by atoms with Crippen molar-refractivity contribution in [3.63, 3.8) is 0 Å². The lowest BCUT2D eigenvalue weighted by Gasteiger charge is -2.61. The minimum absolute atomic E-state index is 0.0843. The zero-order valence-electron chi connectivity index (χ0n) is 19.9. The van der Waals surface area contributed by atoms with E-state index in [-0.39, 0.29) is 40.1 Å². The van der Waals surface area contributed by atoms with Gasteiger partial charge in [0.05, 0.1) is 34.4 Å². The molecule has 2 aromatic heterocycles. The molecule has 3 fully saturated rings. The van der Waals surface area contributed by atoms with E-state index in [0.29, 0.717) is 27.9 Å². The highest BCUT2D eigenvalue weighted by Crippen LogP contribution is 2.62. The van der Waals surface area contributed by atoms with Gasteiger partial charge >= 0.3 is 0 Å². The third-order valence-electron chi connectivity index (χ3n) is 7.22. The van der Waals surface area contributed by atoms with Crippen molar-refractivity contribution in [2.24, 2.45) is 5.92 Å². The van der Waals surface area contributed by atoms with Crippen molar-refractivity contribution in [3.8, 4) is 11.5 Å². The predicted octanol–water partition coefficient (Wildman–Crippen LogP) is 5.07. The fraction of sp³-hybridized carbons (Fsp3) is 0.259. The minimum atomic E-state index is -0.622. The summed E-state index contributed by atoms with van der Waals surface area (Å²) in [6, 6.07) is 9.16. The number of carbonyl (C=O) groups excluding carboxylic acids is 2. The van der Waals surface area contributed by atoms with Gasteiger partial charge in [0, 0.05) is 36.5 Å². The van der Waals surface area contributed by atoms with Gasteiger partial charge in [-0.2, -0.15) is 5.10 Å². The molecule has 2 aromatic carbocycles. The van der Waals surface area contributed by atoms with E-state index < -0.39 is 5.82 Å². The molecule has 37 heavy (non-hydrogen) atoms. The van der Waals surface area contributed by atoms with Crippen LogP contribution < -0.4 is 15.4 Å². The number of pyridine rings is 1. The van der Waals surface area contributed by atoms with E-state index in [1.165, 1.54) is 6.07 Å². The molecule has 8 nitrogen and oxygen atoms in total. The summed E-state index contributed by atoms with van der Waals surface area (Å²) in [5.74, 6) is 0.0184. The van der Waals surface area contributed by atoms with E-state index in [9.17, 15) is 14.0 Å². The highest BCUT2D eigenvalue weighted by Gasteiger charge is 2.58. The Kier molecular flexibility index (Phi) is 5.60. The second-order valence-corrected chi connectivity index (χ2v) is 10.1. The number of ether oxygens (including phenoxy) is 1. The predicted molar refractivity (Wildman–Crippen MR) is 136 cm³/mol. The number of anilines is 1. The van der Waals surface area contributed by atoms with Crippen LogP contribution in [-0.2, 0) is 16.8 Å². The topological polar surface area (TPSA) is 98.1 Å². The molecule has 7 rings (SSSR count). The first-order chi connectivity index (χ1) is 17.8. The number of hydrogen-bond acceptors (Lipinski definition) is 5. The Morgan fingerprint density at radius 1 is 1.19 bits per heavy atom. The van der Waals surface area contributed by atoms with E-state index in [2.05, 4.69) is 20.7 Å². The second-order valence-electron chi connectivity index (χ2n) is 9.70. The maximum atomic E-state index is 15.0. The maximum absolute atomic E-state index is 15.0. The van der Waals surface area contributed by atoms with E-state index in [1.54, 1.807) is 43.7 Å². The van der Waals surface area contributed by atoms with Gasteiger partial charge in [0.25, 0.3) is 5.91 Å². The van der Waals surface area contributed by atoms with Gasteiger partial charge in [-0.15, -0.1) is 0 Å². The molecule has 3 aliphatic rings. The van der Waals surface area contributed by atoms with Crippen LogP contribution in [0.25, 0.3) is 10.9 Å². The third-order valence-corrected chi connectivity index (χ3v) is 7.52. The van der Waals surface area contributed by atoms with Crippen LogP contribution in [0.5, 0.6) is 11.5 Å². The summed E-state index contributed by atoms with van der Waals surface area (Å²) in [5.41, 5.74) is 1.89. The number of rotatable bonds is 7. The van der Waals surface area contributed by atoms with Crippen molar-refractivity contribution >= 4 is 40.0 Å². The van der Waals surface area contributed by atoms with Crippen molar-refractivity contribution in [2.45, 2.75) is 31.2 Å².